The van der Waals surface area contributed by atoms with Crippen LogP contribution >= 0.6 is 0 Å². The molecule has 0 bridgehead atoms. The van der Waals surface area contributed by atoms with Gasteiger partial charge >= 0.3 is 6.18 Å². The fraction of sp³-hybridized carbons (Fsp3) is 0.316. The summed E-state index contributed by atoms with van der Waals surface area (Å²) < 4.78 is 43.7. The van der Waals surface area contributed by atoms with E-state index >= 15 is 0 Å². The normalized spacial score (nSPS) is 18.0. The summed E-state index contributed by atoms with van der Waals surface area (Å²) in [5, 5.41) is 2.63. The van der Waals surface area contributed by atoms with Gasteiger partial charge < -0.3 is 14.6 Å². The Bertz CT molecular complexity index is 990. The fourth-order valence-electron chi connectivity index (χ4n) is 3.29. The zero-order chi connectivity index (χ0) is 20.1. The molecule has 2 aromatic rings. The number of amides is 1. The number of anilines is 1. The van der Waals surface area contributed by atoms with E-state index in [1.807, 2.05) is 11.8 Å². The van der Waals surface area contributed by atoms with E-state index in [0.29, 0.717) is 29.6 Å². The summed E-state index contributed by atoms with van der Waals surface area (Å²) in [7, 11) is 0. The van der Waals surface area contributed by atoms with Crippen LogP contribution in [0.5, 0.6) is 0 Å². The maximum atomic E-state index is 12.9. The van der Waals surface area contributed by atoms with Gasteiger partial charge in [-0.3, -0.25) is 9.79 Å². The van der Waals surface area contributed by atoms with Crippen LogP contribution < -0.4 is 5.32 Å². The number of hydrogen-bond donors (Lipinski definition) is 1. The van der Waals surface area contributed by atoms with Crippen molar-refractivity contribution in [2.24, 2.45) is 9.98 Å². The Kier molecular flexibility index (Phi) is 4.24. The van der Waals surface area contributed by atoms with E-state index in [-0.39, 0.29) is 17.3 Å². The summed E-state index contributed by atoms with van der Waals surface area (Å²) in [6.45, 7) is 4.36. The van der Waals surface area contributed by atoms with E-state index in [1.165, 1.54) is 12.1 Å². The quantitative estimate of drug-likeness (QED) is 0.846. The smallest absolute Gasteiger partial charge is 0.416 e. The standard InChI is InChI=1S/C19H17F3N4O2/c1-3-12-8-26-9-23-18-15(16(26)24-12)14(10(2)28-18)17(27)25-13-6-4-11(5-7-13)19(20,21)22/h4-7,9,12H,3,8H2,1-2H3,(H,25,27)/t12-/m0/s1. The van der Waals surface area contributed by atoms with Gasteiger partial charge in [-0.2, -0.15) is 13.2 Å². The molecule has 1 atom stereocenters. The van der Waals surface area contributed by atoms with Crippen LogP contribution in [0.4, 0.5) is 24.7 Å². The minimum atomic E-state index is -4.43. The topological polar surface area (TPSA) is 70.2 Å². The van der Waals surface area contributed by atoms with E-state index in [1.54, 1.807) is 13.3 Å². The van der Waals surface area contributed by atoms with Crippen LogP contribution in [-0.4, -0.2) is 35.6 Å². The first-order valence-electron chi connectivity index (χ1n) is 8.79. The van der Waals surface area contributed by atoms with E-state index in [2.05, 4.69) is 15.3 Å². The second kappa shape index (κ2) is 6.50. The maximum Gasteiger partial charge on any atom is 0.416 e. The number of nitrogens with zero attached hydrogens (tertiary/aromatic N) is 3. The lowest BCUT2D eigenvalue weighted by molar-refractivity contribution is -0.137. The molecule has 1 aromatic heterocycles. The SMILES string of the molecule is CC[C@H]1CN2C=Nc3oc(C)c(C(=O)Nc4ccc(C(F)(F)F)cc4)c3C2=N1. The largest absolute Gasteiger partial charge is 0.442 e. The molecule has 0 unspecified atom stereocenters. The third-order valence-corrected chi connectivity index (χ3v) is 4.76. The van der Waals surface area contributed by atoms with E-state index in [9.17, 15) is 18.0 Å². The Balaban J connectivity index is 1.65. The second-order valence-electron chi connectivity index (χ2n) is 6.65. The summed E-state index contributed by atoms with van der Waals surface area (Å²) in [5.74, 6) is 0.825. The number of furan rings is 1. The molecule has 2 aliphatic heterocycles. The number of benzene rings is 1. The Morgan fingerprint density at radius 1 is 1.32 bits per heavy atom. The number of fused-ring (bicyclic) bond motifs is 3. The number of hydrogen-bond acceptors (Lipinski definition) is 5. The van der Waals surface area contributed by atoms with Gasteiger partial charge in [-0.1, -0.05) is 6.92 Å². The summed E-state index contributed by atoms with van der Waals surface area (Å²) in [6, 6.07) is 4.38. The van der Waals surface area contributed by atoms with Crippen molar-refractivity contribution in [3.63, 3.8) is 0 Å². The number of nitrogens with one attached hydrogen (secondary N) is 1. The van der Waals surface area contributed by atoms with E-state index < -0.39 is 17.6 Å². The molecule has 9 heteroatoms. The summed E-state index contributed by atoms with van der Waals surface area (Å²) in [4.78, 5) is 23.7. The molecule has 1 N–H and O–H groups in total. The number of aliphatic imine (C=N–C) groups is 2. The molecule has 0 saturated heterocycles. The van der Waals surface area contributed by atoms with Gasteiger partial charge in [0.05, 0.1) is 22.7 Å². The lowest BCUT2D eigenvalue weighted by Crippen LogP contribution is -2.31. The molecule has 0 aliphatic carbocycles. The van der Waals surface area contributed by atoms with Crippen molar-refractivity contribution in [2.75, 3.05) is 11.9 Å². The van der Waals surface area contributed by atoms with Gasteiger partial charge in [0, 0.05) is 12.2 Å². The average Bonchev–Trinajstić information content (AvgIpc) is 3.20. The van der Waals surface area contributed by atoms with Gasteiger partial charge in [-0.25, -0.2) is 4.99 Å². The molecule has 4 rings (SSSR count). The van der Waals surface area contributed by atoms with Crippen LogP contribution in [0, 0.1) is 6.92 Å². The predicted molar refractivity (Wildman–Crippen MR) is 98.3 cm³/mol. The lowest BCUT2D eigenvalue weighted by Gasteiger charge is -2.18. The van der Waals surface area contributed by atoms with Crippen LogP contribution in [-0.2, 0) is 6.18 Å². The van der Waals surface area contributed by atoms with Crippen molar-refractivity contribution in [1.82, 2.24) is 4.90 Å². The van der Waals surface area contributed by atoms with Crippen LogP contribution in [0.15, 0.2) is 38.7 Å². The third-order valence-electron chi connectivity index (χ3n) is 4.76. The molecule has 1 amide bonds. The van der Waals surface area contributed by atoms with Crippen LogP contribution in [0.25, 0.3) is 0 Å². The molecular formula is C19H17F3N4O2. The number of amidine groups is 1. The fourth-order valence-corrected chi connectivity index (χ4v) is 3.29. The van der Waals surface area contributed by atoms with E-state index in [0.717, 1.165) is 18.6 Å². The number of halogens is 3. The molecule has 0 radical (unpaired) electrons. The molecule has 3 heterocycles. The number of rotatable bonds is 3. The summed E-state index contributed by atoms with van der Waals surface area (Å²) in [6.07, 6.45) is -1.94. The maximum absolute atomic E-state index is 12.9. The molecule has 0 saturated carbocycles. The molecule has 0 fully saturated rings. The molecule has 2 aliphatic rings. The Morgan fingerprint density at radius 2 is 2.04 bits per heavy atom. The van der Waals surface area contributed by atoms with Crippen molar-refractivity contribution in [3.8, 4) is 0 Å². The van der Waals surface area contributed by atoms with Crippen molar-refractivity contribution < 1.29 is 22.4 Å². The van der Waals surface area contributed by atoms with Crippen LogP contribution in [0.2, 0.25) is 0 Å². The lowest BCUT2D eigenvalue weighted by atomic mass is 10.1. The monoisotopic (exact) mass is 390 g/mol. The van der Waals surface area contributed by atoms with Crippen molar-refractivity contribution in [1.29, 1.82) is 0 Å². The molecule has 6 nitrogen and oxygen atoms in total. The van der Waals surface area contributed by atoms with Crippen LogP contribution in [0.3, 0.4) is 0 Å². The Morgan fingerprint density at radius 3 is 2.68 bits per heavy atom. The first-order valence-corrected chi connectivity index (χ1v) is 8.79. The molecule has 28 heavy (non-hydrogen) atoms. The first kappa shape index (κ1) is 18.3. The van der Waals surface area contributed by atoms with Gasteiger partial charge in [0.15, 0.2) is 0 Å². The predicted octanol–water partition coefficient (Wildman–Crippen LogP) is 4.37. The zero-order valence-corrected chi connectivity index (χ0v) is 15.2. The highest BCUT2D eigenvalue weighted by Gasteiger charge is 2.36. The number of carbonyl (C=O) groups excluding carboxylic acids is 1. The molecular weight excluding hydrogens is 373 g/mol. The molecule has 1 aromatic carbocycles. The second-order valence-corrected chi connectivity index (χ2v) is 6.65. The van der Waals surface area contributed by atoms with Crippen LogP contribution in [0.1, 0.15) is 40.6 Å². The highest BCUT2D eigenvalue weighted by molar-refractivity contribution is 6.19. The highest BCUT2D eigenvalue weighted by atomic mass is 19.4. The van der Waals surface area contributed by atoms with Crippen molar-refractivity contribution in [2.45, 2.75) is 32.5 Å². The van der Waals surface area contributed by atoms with Crippen molar-refractivity contribution >= 4 is 29.7 Å². The van der Waals surface area contributed by atoms with Gasteiger partial charge in [-0.15, -0.1) is 0 Å². The molecule has 146 valence electrons. The highest BCUT2D eigenvalue weighted by Crippen LogP contribution is 2.36. The first-order chi connectivity index (χ1) is 13.3. The minimum Gasteiger partial charge on any atom is -0.442 e. The summed E-state index contributed by atoms with van der Waals surface area (Å²) >= 11 is 0. The Hall–Kier alpha value is -3.10. The summed E-state index contributed by atoms with van der Waals surface area (Å²) in [5.41, 5.74) is 0.272. The van der Waals surface area contributed by atoms with Gasteiger partial charge in [0.1, 0.15) is 17.9 Å². The number of alkyl halides is 3. The Labute approximate surface area is 158 Å². The molecule has 0 spiro atoms. The van der Waals surface area contributed by atoms with Gasteiger partial charge in [0.25, 0.3) is 5.91 Å². The number of aryl methyl sites for hydroxylation is 1. The average molecular weight is 390 g/mol. The van der Waals surface area contributed by atoms with Gasteiger partial charge in [-0.05, 0) is 37.6 Å². The van der Waals surface area contributed by atoms with Gasteiger partial charge in [0.2, 0.25) is 5.88 Å². The van der Waals surface area contributed by atoms with E-state index in [4.69, 9.17) is 4.42 Å². The number of carbonyl (C=O) groups is 1. The zero-order valence-electron chi connectivity index (χ0n) is 15.2. The minimum absolute atomic E-state index is 0.105. The van der Waals surface area contributed by atoms with Crippen molar-refractivity contribution in [3.05, 3.63) is 46.7 Å². The third kappa shape index (κ3) is 3.06.